The fourth-order valence-electron chi connectivity index (χ4n) is 2.67. The van der Waals surface area contributed by atoms with E-state index < -0.39 is 6.16 Å². The zero-order chi connectivity index (χ0) is 17.5. The van der Waals surface area contributed by atoms with Crippen LogP contribution in [0.1, 0.15) is 18.4 Å². The Morgan fingerprint density at radius 3 is 2.48 bits per heavy atom. The molecule has 0 bridgehead atoms. The van der Waals surface area contributed by atoms with Gasteiger partial charge in [0.2, 0.25) is 5.95 Å². The van der Waals surface area contributed by atoms with Crippen LogP contribution in [0.3, 0.4) is 0 Å². The van der Waals surface area contributed by atoms with Gasteiger partial charge in [-0.2, -0.15) is 0 Å². The third kappa shape index (κ3) is 4.90. The predicted molar refractivity (Wildman–Crippen MR) is 91.5 cm³/mol. The van der Waals surface area contributed by atoms with Crippen LogP contribution in [0.15, 0.2) is 42.7 Å². The van der Waals surface area contributed by atoms with E-state index in [1.807, 2.05) is 18.2 Å². The van der Waals surface area contributed by atoms with Crippen LogP contribution in [-0.4, -0.2) is 42.4 Å². The van der Waals surface area contributed by atoms with Gasteiger partial charge in [0, 0.05) is 13.1 Å². The number of hydrogen-bond donors (Lipinski definition) is 0. The number of carbonyl (C=O) groups excluding carboxylic acids is 1. The van der Waals surface area contributed by atoms with E-state index in [-0.39, 0.29) is 11.9 Å². The Morgan fingerprint density at radius 2 is 1.84 bits per heavy atom. The first-order valence-corrected chi connectivity index (χ1v) is 8.23. The number of methoxy groups -OCH3 is 1. The van der Waals surface area contributed by atoms with Crippen molar-refractivity contribution in [2.75, 3.05) is 25.1 Å². The number of aromatic nitrogens is 2. The zero-order valence-corrected chi connectivity index (χ0v) is 14.1. The molecule has 132 valence electrons. The van der Waals surface area contributed by atoms with Crippen molar-refractivity contribution < 1.29 is 19.0 Å². The zero-order valence-electron chi connectivity index (χ0n) is 14.1. The highest BCUT2D eigenvalue weighted by Crippen LogP contribution is 2.20. The second kappa shape index (κ2) is 8.43. The highest BCUT2D eigenvalue weighted by Gasteiger charge is 2.21. The molecular formula is C18H21N3O4. The Hall–Kier alpha value is -2.67. The molecule has 0 aliphatic carbocycles. The Morgan fingerprint density at radius 1 is 1.16 bits per heavy atom. The first-order valence-electron chi connectivity index (χ1n) is 8.23. The van der Waals surface area contributed by atoms with Gasteiger partial charge in [0.05, 0.1) is 32.2 Å². The molecule has 0 saturated carbocycles. The van der Waals surface area contributed by atoms with E-state index in [1.54, 1.807) is 0 Å². The van der Waals surface area contributed by atoms with Gasteiger partial charge in [0.1, 0.15) is 0 Å². The van der Waals surface area contributed by atoms with Crippen LogP contribution in [0, 0.1) is 0 Å². The van der Waals surface area contributed by atoms with Crippen molar-refractivity contribution in [3.8, 4) is 5.75 Å². The summed E-state index contributed by atoms with van der Waals surface area (Å²) in [5, 5.41) is 0. The monoisotopic (exact) mass is 343 g/mol. The average Bonchev–Trinajstić information content (AvgIpc) is 2.68. The molecule has 1 fully saturated rings. The molecular weight excluding hydrogens is 322 g/mol. The maximum absolute atomic E-state index is 11.0. The van der Waals surface area contributed by atoms with E-state index in [0.717, 1.165) is 25.9 Å². The molecule has 1 aromatic heterocycles. The summed E-state index contributed by atoms with van der Waals surface area (Å²) in [7, 11) is 1.25. The van der Waals surface area contributed by atoms with Crippen LogP contribution in [0.4, 0.5) is 10.7 Å². The Kier molecular flexibility index (Phi) is 5.79. The molecule has 0 N–H and O–H groups in total. The van der Waals surface area contributed by atoms with Crippen LogP contribution < -0.4 is 9.64 Å². The number of piperidine rings is 1. The van der Waals surface area contributed by atoms with Crippen LogP contribution >= 0.6 is 0 Å². The lowest BCUT2D eigenvalue weighted by Crippen LogP contribution is -2.37. The highest BCUT2D eigenvalue weighted by molar-refractivity contribution is 5.63. The third-order valence-corrected chi connectivity index (χ3v) is 4.04. The van der Waals surface area contributed by atoms with Crippen LogP contribution in [0.2, 0.25) is 0 Å². The van der Waals surface area contributed by atoms with Gasteiger partial charge in [0.25, 0.3) is 0 Å². The predicted octanol–water partition coefficient (Wildman–Crippen LogP) is 2.81. The average molecular weight is 343 g/mol. The lowest BCUT2D eigenvalue weighted by Gasteiger charge is -2.31. The van der Waals surface area contributed by atoms with Gasteiger partial charge in [-0.15, -0.1) is 0 Å². The summed E-state index contributed by atoms with van der Waals surface area (Å²) in [6, 6.07) is 10.2. The molecule has 2 heterocycles. The molecule has 7 nitrogen and oxygen atoms in total. The van der Waals surface area contributed by atoms with E-state index in [1.165, 1.54) is 25.1 Å². The Bertz CT molecular complexity index is 670. The lowest BCUT2D eigenvalue weighted by molar-refractivity contribution is 0.0249. The number of benzene rings is 1. The second-order valence-electron chi connectivity index (χ2n) is 5.76. The minimum Gasteiger partial charge on any atom is -0.437 e. The van der Waals surface area contributed by atoms with Crippen molar-refractivity contribution in [1.82, 2.24) is 9.97 Å². The maximum atomic E-state index is 11.0. The number of rotatable bonds is 5. The van der Waals surface area contributed by atoms with Gasteiger partial charge in [0.15, 0.2) is 5.75 Å². The van der Waals surface area contributed by atoms with Gasteiger partial charge in [-0.3, -0.25) is 0 Å². The van der Waals surface area contributed by atoms with Crippen LogP contribution in [-0.2, 0) is 16.1 Å². The summed E-state index contributed by atoms with van der Waals surface area (Å²) in [5.74, 6) is 0.885. The quantitative estimate of drug-likeness (QED) is 0.773. The summed E-state index contributed by atoms with van der Waals surface area (Å²) in [6.45, 7) is 2.30. The van der Waals surface area contributed by atoms with E-state index in [9.17, 15) is 4.79 Å². The first kappa shape index (κ1) is 17.2. The van der Waals surface area contributed by atoms with Gasteiger partial charge >= 0.3 is 6.16 Å². The Balaban J connectivity index is 1.46. The number of nitrogens with zero attached hydrogens (tertiary/aromatic N) is 3. The summed E-state index contributed by atoms with van der Waals surface area (Å²) >= 11 is 0. The fourth-order valence-corrected chi connectivity index (χ4v) is 2.67. The summed E-state index contributed by atoms with van der Waals surface area (Å²) in [6.07, 6.45) is 4.26. The molecule has 0 unspecified atom stereocenters. The largest absolute Gasteiger partial charge is 0.513 e. The molecule has 1 aliphatic rings. The van der Waals surface area contributed by atoms with E-state index >= 15 is 0 Å². The number of ether oxygens (including phenoxy) is 3. The van der Waals surface area contributed by atoms with Gasteiger partial charge < -0.3 is 19.1 Å². The van der Waals surface area contributed by atoms with Crippen LogP contribution in [0.5, 0.6) is 5.75 Å². The summed E-state index contributed by atoms with van der Waals surface area (Å²) in [5.41, 5.74) is 1.19. The smallest absolute Gasteiger partial charge is 0.437 e. The summed E-state index contributed by atoms with van der Waals surface area (Å²) < 4.78 is 15.3. The number of carbonyl (C=O) groups is 1. The molecule has 1 saturated heterocycles. The first-order chi connectivity index (χ1) is 12.2. The molecule has 0 spiro atoms. The standard InChI is InChI=1S/C18H21N3O4/c1-23-18(22)25-16-11-19-17(20-12-16)21-9-7-15(8-10-21)24-13-14-5-3-2-4-6-14/h2-6,11-12,15H,7-10,13H2,1H3. The van der Waals surface area contributed by atoms with Gasteiger partial charge in [-0.25, -0.2) is 14.8 Å². The molecule has 7 heteroatoms. The SMILES string of the molecule is COC(=O)Oc1cnc(N2CCC(OCc3ccccc3)CC2)nc1. The molecule has 0 radical (unpaired) electrons. The fraction of sp³-hybridized carbons (Fsp3) is 0.389. The highest BCUT2D eigenvalue weighted by atomic mass is 16.7. The normalized spacial score (nSPS) is 15.0. The third-order valence-electron chi connectivity index (χ3n) is 4.04. The van der Waals surface area contributed by atoms with Crippen LogP contribution in [0.25, 0.3) is 0 Å². The van der Waals surface area contributed by atoms with E-state index in [0.29, 0.717) is 12.6 Å². The molecule has 3 rings (SSSR count). The van der Waals surface area contributed by atoms with Crippen molar-refractivity contribution in [2.24, 2.45) is 0 Å². The molecule has 25 heavy (non-hydrogen) atoms. The van der Waals surface area contributed by atoms with Gasteiger partial charge in [-0.1, -0.05) is 30.3 Å². The van der Waals surface area contributed by atoms with Crippen molar-refractivity contribution in [1.29, 1.82) is 0 Å². The van der Waals surface area contributed by atoms with Crippen molar-refractivity contribution in [3.63, 3.8) is 0 Å². The second-order valence-corrected chi connectivity index (χ2v) is 5.76. The van der Waals surface area contributed by atoms with Crippen molar-refractivity contribution >= 4 is 12.1 Å². The topological polar surface area (TPSA) is 73.8 Å². The summed E-state index contributed by atoms with van der Waals surface area (Å²) in [4.78, 5) is 21.6. The molecule has 0 amide bonds. The lowest BCUT2D eigenvalue weighted by atomic mass is 10.1. The molecule has 1 aromatic carbocycles. The molecule has 2 aromatic rings. The van der Waals surface area contributed by atoms with Crippen molar-refractivity contribution in [2.45, 2.75) is 25.6 Å². The van der Waals surface area contributed by atoms with Gasteiger partial charge in [-0.05, 0) is 18.4 Å². The maximum Gasteiger partial charge on any atom is 0.513 e. The van der Waals surface area contributed by atoms with E-state index in [2.05, 4.69) is 31.7 Å². The van der Waals surface area contributed by atoms with Crippen molar-refractivity contribution in [3.05, 3.63) is 48.3 Å². The number of hydrogen-bond acceptors (Lipinski definition) is 7. The molecule has 0 atom stereocenters. The van der Waals surface area contributed by atoms with E-state index in [4.69, 9.17) is 9.47 Å². The minimum atomic E-state index is -0.785. The Labute approximate surface area is 146 Å². The molecule has 1 aliphatic heterocycles. The minimum absolute atomic E-state index is 0.249. The number of anilines is 1.